The van der Waals surface area contributed by atoms with E-state index in [0.29, 0.717) is 5.91 Å². The van der Waals surface area contributed by atoms with Gasteiger partial charge in [0.1, 0.15) is 5.82 Å². The number of aromatic nitrogens is 2. The van der Waals surface area contributed by atoms with Crippen LogP contribution in [0, 0.1) is 11.7 Å². The normalized spacial score (nSPS) is 19.2. The maximum absolute atomic E-state index is 13.4. The second-order valence-electron chi connectivity index (χ2n) is 7.36. The molecule has 1 amide bonds. The standard InChI is InChI=1S/C20H25FN4O/c21-18-4-3-5-19(12-18)25-15-16(13-22-25)14-23-10-6-17(7-11-23)20(26)24-8-1-2-9-24/h3-5,12-13,15,17H,1-2,6-11,14H2. The molecule has 0 unspecified atom stereocenters. The molecule has 26 heavy (non-hydrogen) atoms. The maximum Gasteiger partial charge on any atom is 0.225 e. The van der Waals surface area contributed by atoms with Crippen LogP contribution in [0.15, 0.2) is 36.7 Å². The Morgan fingerprint density at radius 3 is 2.65 bits per heavy atom. The summed E-state index contributed by atoms with van der Waals surface area (Å²) in [6.07, 6.45) is 7.98. The van der Waals surface area contributed by atoms with Crippen molar-refractivity contribution in [2.75, 3.05) is 26.2 Å². The predicted octanol–water partition coefficient (Wildman–Crippen LogP) is 2.85. The molecule has 0 bridgehead atoms. The molecule has 0 N–H and O–H groups in total. The second-order valence-corrected chi connectivity index (χ2v) is 7.36. The molecule has 2 fully saturated rings. The van der Waals surface area contributed by atoms with E-state index in [1.807, 2.05) is 23.4 Å². The molecule has 1 aromatic heterocycles. The molecule has 0 radical (unpaired) electrons. The largest absolute Gasteiger partial charge is 0.342 e. The van der Waals surface area contributed by atoms with Gasteiger partial charge in [0, 0.05) is 37.3 Å². The molecular formula is C20H25FN4O. The van der Waals surface area contributed by atoms with E-state index in [2.05, 4.69) is 10.00 Å². The van der Waals surface area contributed by atoms with Crippen LogP contribution in [-0.2, 0) is 11.3 Å². The van der Waals surface area contributed by atoms with Crippen molar-refractivity contribution >= 4 is 5.91 Å². The molecule has 0 aliphatic carbocycles. The van der Waals surface area contributed by atoms with E-state index in [-0.39, 0.29) is 11.7 Å². The molecule has 0 saturated carbocycles. The number of piperidine rings is 1. The summed E-state index contributed by atoms with van der Waals surface area (Å²) in [5.41, 5.74) is 1.84. The Morgan fingerprint density at radius 1 is 1.15 bits per heavy atom. The summed E-state index contributed by atoms with van der Waals surface area (Å²) < 4.78 is 15.1. The highest BCUT2D eigenvalue weighted by Gasteiger charge is 2.29. The lowest BCUT2D eigenvalue weighted by molar-refractivity contribution is -0.136. The van der Waals surface area contributed by atoms with Gasteiger partial charge >= 0.3 is 0 Å². The Labute approximate surface area is 153 Å². The fraction of sp³-hybridized carbons (Fsp3) is 0.500. The monoisotopic (exact) mass is 356 g/mol. The average molecular weight is 356 g/mol. The van der Waals surface area contributed by atoms with Crippen molar-refractivity contribution in [1.29, 1.82) is 0 Å². The van der Waals surface area contributed by atoms with E-state index in [9.17, 15) is 9.18 Å². The number of hydrogen-bond donors (Lipinski definition) is 0. The molecule has 0 atom stereocenters. The highest BCUT2D eigenvalue weighted by atomic mass is 19.1. The van der Waals surface area contributed by atoms with Crippen molar-refractivity contribution in [3.8, 4) is 5.69 Å². The number of carbonyl (C=O) groups excluding carboxylic acids is 1. The molecule has 2 aromatic rings. The SMILES string of the molecule is O=C(C1CCN(Cc2cnn(-c3cccc(F)c3)c2)CC1)N1CCCC1. The fourth-order valence-electron chi connectivity index (χ4n) is 3.99. The smallest absolute Gasteiger partial charge is 0.225 e. The summed E-state index contributed by atoms with van der Waals surface area (Å²) in [6.45, 7) is 4.58. The molecule has 0 spiro atoms. The number of benzene rings is 1. The lowest BCUT2D eigenvalue weighted by Crippen LogP contribution is -2.41. The van der Waals surface area contributed by atoms with Crippen molar-refractivity contribution in [2.45, 2.75) is 32.2 Å². The van der Waals surface area contributed by atoms with Crippen molar-refractivity contribution in [3.63, 3.8) is 0 Å². The third-order valence-corrected chi connectivity index (χ3v) is 5.47. The highest BCUT2D eigenvalue weighted by Crippen LogP contribution is 2.23. The number of amides is 1. The molecule has 2 saturated heterocycles. The van der Waals surface area contributed by atoms with Gasteiger partial charge in [0.2, 0.25) is 5.91 Å². The molecule has 3 heterocycles. The molecule has 1 aromatic carbocycles. The summed E-state index contributed by atoms with van der Waals surface area (Å²) in [4.78, 5) is 16.9. The summed E-state index contributed by atoms with van der Waals surface area (Å²) in [7, 11) is 0. The number of halogens is 1. The number of likely N-dealkylation sites (tertiary alicyclic amines) is 2. The third kappa shape index (κ3) is 3.80. The van der Waals surface area contributed by atoms with Crippen molar-refractivity contribution in [3.05, 3.63) is 48.0 Å². The van der Waals surface area contributed by atoms with Gasteiger partial charge in [-0.2, -0.15) is 5.10 Å². The molecule has 6 heteroatoms. The zero-order valence-electron chi connectivity index (χ0n) is 15.0. The first-order valence-corrected chi connectivity index (χ1v) is 9.50. The van der Waals surface area contributed by atoms with Crippen LogP contribution < -0.4 is 0 Å². The van der Waals surface area contributed by atoms with Crippen molar-refractivity contribution in [1.82, 2.24) is 19.6 Å². The molecular weight excluding hydrogens is 331 g/mol. The quantitative estimate of drug-likeness (QED) is 0.846. The van der Waals surface area contributed by atoms with Crippen molar-refractivity contribution < 1.29 is 9.18 Å². The van der Waals surface area contributed by atoms with E-state index < -0.39 is 0 Å². The Balaban J connectivity index is 1.31. The van der Waals surface area contributed by atoms with Crippen LogP contribution in [0.5, 0.6) is 0 Å². The van der Waals surface area contributed by atoms with Gasteiger partial charge in [0.15, 0.2) is 0 Å². The van der Waals surface area contributed by atoms with Crippen LogP contribution in [0.1, 0.15) is 31.2 Å². The summed E-state index contributed by atoms with van der Waals surface area (Å²) in [5, 5.41) is 4.35. The third-order valence-electron chi connectivity index (χ3n) is 5.47. The second kappa shape index (κ2) is 7.58. The topological polar surface area (TPSA) is 41.4 Å². The lowest BCUT2D eigenvalue weighted by Gasteiger charge is -2.32. The Morgan fingerprint density at radius 2 is 1.92 bits per heavy atom. The summed E-state index contributed by atoms with van der Waals surface area (Å²) in [5.74, 6) is 0.296. The van der Waals surface area contributed by atoms with Crippen LogP contribution in [0.25, 0.3) is 5.69 Å². The zero-order valence-corrected chi connectivity index (χ0v) is 15.0. The molecule has 138 valence electrons. The zero-order chi connectivity index (χ0) is 17.9. The highest BCUT2D eigenvalue weighted by molar-refractivity contribution is 5.79. The van der Waals surface area contributed by atoms with Crippen LogP contribution in [0.2, 0.25) is 0 Å². The average Bonchev–Trinajstić information content (AvgIpc) is 3.34. The van der Waals surface area contributed by atoms with Crippen LogP contribution in [0.3, 0.4) is 0 Å². The maximum atomic E-state index is 13.4. The van der Waals surface area contributed by atoms with Gasteiger partial charge in [-0.1, -0.05) is 6.07 Å². The number of rotatable bonds is 4. The van der Waals surface area contributed by atoms with Crippen LogP contribution in [-0.4, -0.2) is 51.7 Å². The van der Waals surface area contributed by atoms with E-state index in [1.54, 1.807) is 10.7 Å². The van der Waals surface area contributed by atoms with E-state index in [0.717, 1.165) is 69.7 Å². The predicted molar refractivity (Wildman–Crippen MR) is 97.3 cm³/mol. The van der Waals surface area contributed by atoms with Crippen LogP contribution in [0.4, 0.5) is 4.39 Å². The van der Waals surface area contributed by atoms with Gasteiger partial charge in [0.25, 0.3) is 0 Å². The minimum absolute atomic E-state index is 0.194. The summed E-state index contributed by atoms with van der Waals surface area (Å²) >= 11 is 0. The summed E-state index contributed by atoms with van der Waals surface area (Å²) in [6, 6.07) is 6.44. The van der Waals surface area contributed by atoms with E-state index in [4.69, 9.17) is 0 Å². The minimum Gasteiger partial charge on any atom is -0.342 e. The van der Waals surface area contributed by atoms with Crippen molar-refractivity contribution in [2.24, 2.45) is 5.92 Å². The molecule has 2 aliphatic rings. The van der Waals surface area contributed by atoms with Gasteiger partial charge in [-0.3, -0.25) is 9.69 Å². The first-order chi connectivity index (χ1) is 12.7. The number of nitrogens with zero attached hydrogens (tertiary/aromatic N) is 4. The molecule has 4 rings (SSSR count). The van der Waals surface area contributed by atoms with Crippen LogP contribution >= 0.6 is 0 Å². The van der Waals surface area contributed by atoms with E-state index in [1.165, 1.54) is 12.1 Å². The minimum atomic E-state index is -0.260. The van der Waals surface area contributed by atoms with Gasteiger partial charge < -0.3 is 4.90 Å². The van der Waals surface area contributed by atoms with Gasteiger partial charge in [0.05, 0.1) is 11.9 Å². The first kappa shape index (κ1) is 17.2. The molecule has 2 aliphatic heterocycles. The Hall–Kier alpha value is -2.21. The van der Waals surface area contributed by atoms with E-state index >= 15 is 0 Å². The fourth-order valence-corrected chi connectivity index (χ4v) is 3.99. The first-order valence-electron chi connectivity index (χ1n) is 9.50. The van der Waals surface area contributed by atoms with Gasteiger partial charge in [-0.15, -0.1) is 0 Å². The van der Waals surface area contributed by atoms with Gasteiger partial charge in [-0.05, 0) is 57.0 Å². The lowest BCUT2D eigenvalue weighted by atomic mass is 9.95. The van der Waals surface area contributed by atoms with Gasteiger partial charge in [-0.25, -0.2) is 9.07 Å². The number of hydrogen-bond acceptors (Lipinski definition) is 3. The Bertz CT molecular complexity index is 761. The molecule has 5 nitrogen and oxygen atoms in total. The number of carbonyl (C=O) groups is 1. The Kier molecular flexibility index (Phi) is 5.02.